The number of hydrogen-bond acceptors (Lipinski definition) is 5. The lowest BCUT2D eigenvalue weighted by atomic mass is 10.1. The number of fused-ring (bicyclic) bond motifs is 1. The molecule has 0 bridgehead atoms. The van der Waals surface area contributed by atoms with Crippen LogP contribution in [0.15, 0.2) is 24.4 Å². The Balaban J connectivity index is 1.36. The van der Waals surface area contributed by atoms with E-state index in [1.807, 2.05) is 6.20 Å². The van der Waals surface area contributed by atoms with Gasteiger partial charge in [-0.2, -0.15) is 9.47 Å². The van der Waals surface area contributed by atoms with Crippen molar-refractivity contribution in [2.75, 3.05) is 11.9 Å². The van der Waals surface area contributed by atoms with Gasteiger partial charge in [0.2, 0.25) is 5.13 Å². The van der Waals surface area contributed by atoms with E-state index < -0.39 is 0 Å². The van der Waals surface area contributed by atoms with Crippen molar-refractivity contribution in [2.24, 2.45) is 0 Å². The zero-order valence-electron chi connectivity index (χ0n) is 11.0. The van der Waals surface area contributed by atoms with E-state index in [1.165, 1.54) is 29.9 Å². The third-order valence-electron chi connectivity index (χ3n) is 3.58. The number of aromatic amines is 1. The Morgan fingerprint density at radius 3 is 3.20 bits per heavy atom. The quantitative estimate of drug-likeness (QED) is 0.756. The molecule has 0 amide bonds. The molecule has 2 N–H and O–H groups in total. The van der Waals surface area contributed by atoms with Crippen molar-refractivity contribution in [3.8, 4) is 0 Å². The Labute approximate surface area is 120 Å². The molecule has 0 saturated heterocycles. The first-order valence-corrected chi connectivity index (χ1v) is 7.65. The van der Waals surface area contributed by atoms with Gasteiger partial charge in [0.25, 0.3) is 0 Å². The summed E-state index contributed by atoms with van der Waals surface area (Å²) >= 11 is 1.47. The van der Waals surface area contributed by atoms with Crippen LogP contribution in [0.1, 0.15) is 30.1 Å². The van der Waals surface area contributed by atoms with Gasteiger partial charge < -0.3 is 5.32 Å². The highest BCUT2D eigenvalue weighted by atomic mass is 32.1. The molecule has 1 aliphatic carbocycles. The Morgan fingerprint density at radius 1 is 1.35 bits per heavy atom. The summed E-state index contributed by atoms with van der Waals surface area (Å²) < 4.78 is 4.39. The topological polar surface area (TPSA) is 66.5 Å². The smallest absolute Gasteiger partial charge is 0.202 e. The molecular formula is C14H15N5S. The van der Waals surface area contributed by atoms with Gasteiger partial charge in [0, 0.05) is 29.4 Å². The van der Waals surface area contributed by atoms with Gasteiger partial charge in [-0.25, -0.2) is 4.98 Å². The first-order valence-electron chi connectivity index (χ1n) is 6.88. The first kappa shape index (κ1) is 11.8. The normalized spacial score (nSPS) is 14.8. The first-order chi connectivity index (χ1) is 9.88. The Morgan fingerprint density at radius 2 is 2.30 bits per heavy atom. The number of nitrogens with zero attached hydrogens (tertiary/aromatic N) is 3. The van der Waals surface area contributed by atoms with E-state index in [1.54, 1.807) is 0 Å². The van der Waals surface area contributed by atoms with E-state index in [2.05, 4.69) is 43.1 Å². The van der Waals surface area contributed by atoms with Crippen LogP contribution in [-0.2, 0) is 6.42 Å². The highest BCUT2D eigenvalue weighted by molar-refractivity contribution is 7.09. The lowest BCUT2D eigenvalue weighted by Gasteiger charge is -2.02. The number of benzene rings is 1. The predicted molar refractivity (Wildman–Crippen MR) is 80.2 cm³/mol. The number of hydrogen-bond donors (Lipinski definition) is 2. The van der Waals surface area contributed by atoms with Gasteiger partial charge >= 0.3 is 0 Å². The number of rotatable bonds is 5. The highest BCUT2D eigenvalue weighted by Crippen LogP contribution is 2.39. The summed E-state index contributed by atoms with van der Waals surface area (Å²) in [5.74, 6) is 1.66. The van der Waals surface area contributed by atoms with Crippen LogP contribution >= 0.6 is 11.5 Å². The Hall–Kier alpha value is -1.95. The number of nitrogens with one attached hydrogen (secondary N) is 2. The second-order valence-electron chi connectivity index (χ2n) is 5.20. The molecule has 0 atom stereocenters. The monoisotopic (exact) mass is 285 g/mol. The van der Waals surface area contributed by atoms with Crippen molar-refractivity contribution >= 4 is 27.6 Å². The van der Waals surface area contributed by atoms with Crippen molar-refractivity contribution in [1.82, 2.24) is 19.6 Å². The molecule has 1 fully saturated rings. The van der Waals surface area contributed by atoms with Gasteiger partial charge in [0.1, 0.15) is 5.82 Å². The lowest BCUT2D eigenvalue weighted by Crippen LogP contribution is -2.04. The fourth-order valence-corrected chi connectivity index (χ4v) is 2.95. The van der Waals surface area contributed by atoms with Crippen molar-refractivity contribution in [2.45, 2.75) is 25.2 Å². The maximum Gasteiger partial charge on any atom is 0.202 e. The van der Waals surface area contributed by atoms with E-state index in [0.29, 0.717) is 5.92 Å². The van der Waals surface area contributed by atoms with Crippen molar-refractivity contribution in [3.63, 3.8) is 0 Å². The number of aromatic nitrogens is 4. The van der Waals surface area contributed by atoms with Crippen LogP contribution in [-0.4, -0.2) is 26.1 Å². The summed E-state index contributed by atoms with van der Waals surface area (Å²) in [6.07, 6.45) is 5.33. The molecule has 6 heteroatoms. The van der Waals surface area contributed by atoms with Crippen LogP contribution in [0.3, 0.4) is 0 Å². The van der Waals surface area contributed by atoms with Gasteiger partial charge in [-0.15, -0.1) is 0 Å². The summed E-state index contributed by atoms with van der Waals surface area (Å²) in [5, 5.41) is 12.5. The van der Waals surface area contributed by atoms with E-state index in [0.717, 1.165) is 34.8 Å². The Kier molecular flexibility index (Phi) is 2.88. The van der Waals surface area contributed by atoms with Crippen LogP contribution in [0, 0.1) is 0 Å². The van der Waals surface area contributed by atoms with Crippen LogP contribution < -0.4 is 5.32 Å². The summed E-state index contributed by atoms with van der Waals surface area (Å²) in [6, 6.07) is 6.39. The summed E-state index contributed by atoms with van der Waals surface area (Å²) in [5.41, 5.74) is 2.39. The second kappa shape index (κ2) is 4.86. The molecule has 20 heavy (non-hydrogen) atoms. The highest BCUT2D eigenvalue weighted by Gasteiger charge is 2.27. The standard InChI is InChI=1S/C14H15N5S/c1-4-12-11(8-16-18-12)7-9(1)5-6-15-14-17-13(19-20-14)10-2-3-10/h1,4,7-8,10H,2-3,5-6H2,(H,16,18)(H,15,17,19). The fourth-order valence-electron chi connectivity index (χ4n) is 2.28. The van der Waals surface area contributed by atoms with Gasteiger partial charge in [-0.3, -0.25) is 5.10 Å². The zero-order chi connectivity index (χ0) is 13.4. The minimum Gasteiger partial charge on any atom is -0.360 e. The van der Waals surface area contributed by atoms with Gasteiger partial charge in [-0.05, 0) is 37.0 Å². The molecule has 0 aliphatic heterocycles. The van der Waals surface area contributed by atoms with Gasteiger partial charge in [-0.1, -0.05) is 6.07 Å². The molecule has 0 unspecified atom stereocenters. The van der Waals surface area contributed by atoms with E-state index in [9.17, 15) is 0 Å². The summed E-state index contributed by atoms with van der Waals surface area (Å²) in [6.45, 7) is 0.878. The molecule has 1 aliphatic rings. The van der Waals surface area contributed by atoms with E-state index >= 15 is 0 Å². The Bertz CT molecular complexity index is 728. The molecule has 2 heterocycles. The van der Waals surface area contributed by atoms with Crippen LogP contribution in [0.5, 0.6) is 0 Å². The third kappa shape index (κ3) is 2.38. The van der Waals surface area contributed by atoms with Crippen LogP contribution in [0.2, 0.25) is 0 Å². The molecule has 1 saturated carbocycles. The maximum atomic E-state index is 4.53. The lowest BCUT2D eigenvalue weighted by molar-refractivity contribution is 0.969. The third-order valence-corrected chi connectivity index (χ3v) is 4.27. The van der Waals surface area contributed by atoms with Crippen LogP contribution in [0.25, 0.3) is 10.9 Å². The molecule has 0 radical (unpaired) electrons. The van der Waals surface area contributed by atoms with Crippen molar-refractivity contribution < 1.29 is 0 Å². The molecule has 2 aromatic heterocycles. The average Bonchev–Trinajstić information content (AvgIpc) is 3.02. The molecule has 3 aromatic rings. The maximum absolute atomic E-state index is 4.53. The number of anilines is 1. The van der Waals surface area contributed by atoms with Crippen molar-refractivity contribution in [3.05, 3.63) is 35.8 Å². The summed E-state index contributed by atoms with van der Waals surface area (Å²) in [4.78, 5) is 4.53. The average molecular weight is 285 g/mol. The zero-order valence-corrected chi connectivity index (χ0v) is 11.8. The minimum absolute atomic E-state index is 0.630. The second-order valence-corrected chi connectivity index (χ2v) is 5.95. The fraction of sp³-hybridized carbons (Fsp3) is 0.357. The molecule has 5 nitrogen and oxygen atoms in total. The minimum atomic E-state index is 0.630. The van der Waals surface area contributed by atoms with E-state index in [4.69, 9.17) is 0 Å². The number of H-pyrrole nitrogens is 1. The van der Waals surface area contributed by atoms with E-state index in [-0.39, 0.29) is 0 Å². The summed E-state index contributed by atoms with van der Waals surface area (Å²) in [7, 11) is 0. The molecule has 0 spiro atoms. The molecular weight excluding hydrogens is 270 g/mol. The molecule has 102 valence electrons. The van der Waals surface area contributed by atoms with Gasteiger partial charge in [0.15, 0.2) is 0 Å². The predicted octanol–water partition coefficient (Wildman–Crippen LogP) is 2.95. The van der Waals surface area contributed by atoms with Gasteiger partial charge in [0.05, 0.1) is 11.7 Å². The largest absolute Gasteiger partial charge is 0.360 e. The van der Waals surface area contributed by atoms with Crippen molar-refractivity contribution in [1.29, 1.82) is 0 Å². The van der Waals surface area contributed by atoms with Crippen LogP contribution in [0.4, 0.5) is 5.13 Å². The molecule has 1 aromatic carbocycles. The SMILES string of the molecule is c1cc2[nH]ncc2cc1CCNc1nc(C2CC2)ns1. The molecule has 4 rings (SSSR count).